The summed E-state index contributed by atoms with van der Waals surface area (Å²) in [5.74, 6) is 0. The molecule has 0 aliphatic carbocycles. The topological polar surface area (TPSA) is 46.2 Å². The molecular formula is C16H38O5Si6. The zero-order valence-electron chi connectivity index (χ0n) is 19.2. The standard InChI is InChI=1S/C16H38O5Si6/c1-15-22(3,4)17-24(7,8)19-26(11,12)21-27(13,14)20-25(9,10)18-23(5,6)16-2/h1-2H,3-14H3. The summed E-state index contributed by atoms with van der Waals surface area (Å²) in [6, 6.07) is 0. The quantitative estimate of drug-likeness (QED) is 0.338. The zero-order chi connectivity index (χ0) is 21.9. The summed E-state index contributed by atoms with van der Waals surface area (Å²) in [6.07, 6.45) is 11.2. The van der Waals surface area contributed by atoms with Crippen molar-refractivity contribution in [3.63, 3.8) is 0 Å². The van der Waals surface area contributed by atoms with E-state index in [1.165, 1.54) is 0 Å². The van der Waals surface area contributed by atoms with Crippen molar-refractivity contribution < 1.29 is 20.6 Å². The average molecular weight is 479 g/mol. The van der Waals surface area contributed by atoms with Crippen molar-refractivity contribution in [2.24, 2.45) is 0 Å². The van der Waals surface area contributed by atoms with E-state index in [0.29, 0.717) is 0 Å². The first-order valence-electron chi connectivity index (χ1n) is 9.12. The molecule has 0 aliphatic heterocycles. The molecule has 0 aromatic heterocycles. The first-order valence-corrected chi connectivity index (χ1v) is 26.2. The third kappa shape index (κ3) is 11.7. The third-order valence-electron chi connectivity index (χ3n) is 3.17. The molecule has 156 valence electrons. The Bertz CT molecular complexity index is 549. The SMILES string of the molecule is C#C[Si](C)(C)O[Si](C)(C)O[Si](C)(C)O[Si](C)(C)O[Si](C)(C)O[Si](C)(C)C#C. The van der Waals surface area contributed by atoms with Crippen molar-refractivity contribution in [1.82, 2.24) is 0 Å². The van der Waals surface area contributed by atoms with Crippen molar-refractivity contribution in [3.05, 3.63) is 0 Å². The molecule has 0 atom stereocenters. The molecule has 0 unspecified atom stereocenters. The lowest BCUT2D eigenvalue weighted by molar-refractivity contribution is 0.283. The van der Waals surface area contributed by atoms with Gasteiger partial charge in [-0.1, -0.05) is 0 Å². The van der Waals surface area contributed by atoms with Crippen LogP contribution in [0.1, 0.15) is 0 Å². The van der Waals surface area contributed by atoms with Crippen LogP contribution in [0.4, 0.5) is 0 Å². The second-order valence-corrected chi connectivity index (χ2v) is 31.3. The van der Waals surface area contributed by atoms with E-state index >= 15 is 0 Å². The van der Waals surface area contributed by atoms with Crippen LogP contribution in [0, 0.1) is 23.9 Å². The molecule has 0 fully saturated rings. The summed E-state index contributed by atoms with van der Waals surface area (Å²) in [5, 5.41) is 0. The van der Waals surface area contributed by atoms with Crippen LogP contribution < -0.4 is 0 Å². The predicted molar refractivity (Wildman–Crippen MR) is 128 cm³/mol. The highest BCUT2D eigenvalue weighted by molar-refractivity contribution is 6.93. The van der Waals surface area contributed by atoms with Crippen LogP contribution in [-0.4, -0.2) is 50.9 Å². The number of terminal acetylenes is 2. The smallest absolute Gasteiger partial charge is 0.314 e. The van der Waals surface area contributed by atoms with Gasteiger partial charge in [0.15, 0.2) is 0 Å². The number of rotatable bonds is 10. The molecule has 0 aliphatic rings. The number of hydrogen-bond donors (Lipinski definition) is 0. The van der Waals surface area contributed by atoms with Crippen LogP contribution in [-0.2, 0) is 20.6 Å². The summed E-state index contributed by atoms with van der Waals surface area (Å²) in [7, 11) is -14.1. The molecule has 5 nitrogen and oxygen atoms in total. The molecule has 0 rings (SSSR count). The Morgan fingerprint density at radius 1 is 0.407 bits per heavy atom. The highest BCUT2D eigenvalue weighted by Crippen LogP contribution is 2.27. The molecule has 0 bridgehead atoms. The van der Waals surface area contributed by atoms with E-state index in [1.807, 2.05) is 78.6 Å². The molecule has 0 heterocycles. The van der Waals surface area contributed by atoms with Crippen LogP contribution in [0.3, 0.4) is 0 Å². The Labute approximate surface area is 173 Å². The van der Waals surface area contributed by atoms with E-state index in [1.54, 1.807) is 0 Å². The molecule has 11 heteroatoms. The maximum Gasteiger partial charge on any atom is 0.314 e. The maximum absolute atomic E-state index is 6.46. The molecule has 0 saturated carbocycles. The fourth-order valence-corrected chi connectivity index (χ4v) is 29.8. The monoisotopic (exact) mass is 478 g/mol. The van der Waals surface area contributed by atoms with E-state index in [4.69, 9.17) is 33.4 Å². The van der Waals surface area contributed by atoms with Gasteiger partial charge in [0.25, 0.3) is 16.6 Å². The zero-order valence-corrected chi connectivity index (χ0v) is 25.2. The molecule has 0 spiro atoms. The van der Waals surface area contributed by atoms with Gasteiger partial charge < -0.3 is 20.6 Å². The van der Waals surface area contributed by atoms with Crippen LogP contribution in [0.2, 0.25) is 78.6 Å². The van der Waals surface area contributed by atoms with Crippen LogP contribution in [0.5, 0.6) is 0 Å². The lowest BCUT2D eigenvalue weighted by Crippen LogP contribution is -2.59. The average Bonchev–Trinajstić information content (AvgIpc) is 2.30. The van der Waals surface area contributed by atoms with Gasteiger partial charge in [0.05, 0.1) is 0 Å². The van der Waals surface area contributed by atoms with E-state index in [2.05, 4.69) is 11.1 Å². The molecular weight excluding hydrogens is 441 g/mol. The Hall–Kier alpha value is 0.221. The van der Waals surface area contributed by atoms with Crippen molar-refractivity contribution >= 4 is 50.9 Å². The van der Waals surface area contributed by atoms with Crippen molar-refractivity contribution in [2.45, 2.75) is 78.6 Å². The number of hydrogen-bond acceptors (Lipinski definition) is 5. The fourth-order valence-electron chi connectivity index (χ4n) is 3.15. The first kappa shape index (κ1) is 27.2. The largest absolute Gasteiger partial charge is 0.427 e. The van der Waals surface area contributed by atoms with Crippen molar-refractivity contribution in [1.29, 1.82) is 0 Å². The van der Waals surface area contributed by atoms with Gasteiger partial charge in [-0.2, -0.15) is 0 Å². The molecule has 0 saturated heterocycles. The Morgan fingerprint density at radius 3 is 0.778 bits per heavy atom. The minimum Gasteiger partial charge on any atom is -0.427 e. The normalized spacial score (nSPS) is 14.6. The summed E-state index contributed by atoms with van der Waals surface area (Å²) >= 11 is 0. The first-order chi connectivity index (χ1) is 11.7. The fraction of sp³-hybridized carbons (Fsp3) is 0.750. The second-order valence-electron chi connectivity index (χ2n) is 9.42. The highest BCUT2D eigenvalue weighted by Gasteiger charge is 2.47. The summed E-state index contributed by atoms with van der Waals surface area (Å²) in [6.45, 7) is 24.2. The molecule has 0 radical (unpaired) electrons. The van der Waals surface area contributed by atoms with E-state index in [9.17, 15) is 0 Å². The molecule has 0 amide bonds. The van der Waals surface area contributed by atoms with Gasteiger partial charge in [-0.3, -0.25) is 0 Å². The lowest BCUT2D eigenvalue weighted by atomic mass is 11.4. The highest BCUT2D eigenvalue weighted by atomic mass is 28.5. The minimum atomic E-state index is -2.49. The van der Waals surface area contributed by atoms with Crippen molar-refractivity contribution in [3.8, 4) is 23.9 Å². The van der Waals surface area contributed by atoms with Crippen LogP contribution in [0.25, 0.3) is 0 Å². The Morgan fingerprint density at radius 2 is 0.593 bits per heavy atom. The molecule has 0 N–H and O–H groups in total. The molecule has 27 heavy (non-hydrogen) atoms. The van der Waals surface area contributed by atoms with Gasteiger partial charge in [-0.25, -0.2) is 0 Å². The minimum absolute atomic E-state index is 2.00. The van der Waals surface area contributed by atoms with Gasteiger partial charge in [-0.05, 0) is 78.6 Å². The third-order valence-corrected chi connectivity index (χ3v) is 24.4. The molecule has 0 aromatic rings. The predicted octanol–water partition coefficient (Wildman–Crippen LogP) is 4.63. The van der Waals surface area contributed by atoms with Crippen LogP contribution in [0.15, 0.2) is 0 Å². The molecule has 0 aromatic carbocycles. The lowest BCUT2D eigenvalue weighted by Gasteiger charge is -2.42. The van der Waals surface area contributed by atoms with Gasteiger partial charge >= 0.3 is 34.2 Å². The summed E-state index contributed by atoms with van der Waals surface area (Å²) in [4.78, 5) is 0. The summed E-state index contributed by atoms with van der Waals surface area (Å²) < 4.78 is 31.7. The Balaban J connectivity index is 5.15. The van der Waals surface area contributed by atoms with E-state index < -0.39 is 50.9 Å². The Kier molecular flexibility index (Phi) is 9.00. The van der Waals surface area contributed by atoms with Crippen molar-refractivity contribution in [2.75, 3.05) is 0 Å². The summed E-state index contributed by atoms with van der Waals surface area (Å²) in [5.41, 5.74) is 5.59. The van der Waals surface area contributed by atoms with Gasteiger partial charge in [-0.15, -0.1) is 23.9 Å². The van der Waals surface area contributed by atoms with Gasteiger partial charge in [0, 0.05) is 0 Å². The second kappa shape index (κ2) is 8.93. The van der Waals surface area contributed by atoms with E-state index in [-0.39, 0.29) is 0 Å². The van der Waals surface area contributed by atoms with Crippen LogP contribution >= 0.6 is 0 Å². The van der Waals surface area contributed by atoms with Gasteiger partial charge in [0.1, 0.15) is 0 Å². The maximum atomic E-state index is 6.46. The van der Waals surface area contributed by atoms with Gasteiger partial charge in [0.2, 0.25) is 0 Å². The van der Waals surface area contributed by atoms with E-state index in [0.717, 1.165) is 0 Å².